The van der Waals surface area contributed by atoms with Crippen LogP contribution in [-0.4, -0.2) is 20.3 Å². The first-order valence-electron chi connectivity index (χ1n) is 6.64. The van der Waals surface area contributed by atoms with Gasteiger partial charge in [0.1, 0.15) is 6.07 Å². The summed E-state index contributed by atoms with van der Waals surface area (Å²) >= 11 is 0. The van der Waals surface area contributed by atoms with Crippen LogP contribution in [0.15, 0.2) is 16.9 Å². The molecule has 0 aliphatic carbocycles. The van der Waals surface area contributed by atoms with Crippen LogP contribution in [-0.2, 0) is 12.6 Å². The van der Waals surface area contributed by atoms with E-state index in [0.717, 1.165) is 12.3 Å². The maximum atomic E-state index is 12.8. The Bertz CT molecular complexity index is 973. The molecule has 0 saturated heterocycles. The number of rotatable bonds is 2. The van der Waals surface area contributed by atoms with Crippen LogP contribution in [0.5, 0.6) is 0 Å². The predicted octanol–water partition coefficient (Wildman–Crippen LogP) is 2.38. The van der Waals surface area contributed by atoms with Gasteiger partial charge in [-0.15, -0.1) is 0 Å². The first-order chi connectivity index (χ1) is 11.3. The van der Waals surface area contributed by atoms with Crippen LogP contribution in [0.4, 0.5) is 18.9 Å². The topological polar surface area (TPSA) is 115 Å². The van der Waals surface area contributed by atoms with Crippen LogP contribution < -0.4 is 5.73 Å². The molecule has 3 heterocycles. The van der Waals surface area contributed by atoms with Gasteiger partial charge in [-0.3, -0.25) is 4.98 Å². The predicted molar refractivity (Wildman–Crippen MR) is 75.5 cm³/mol. The second-order valence-electron chi connectivity index (χ2n) is 5.05. The molecule has 0 unspecified atom stereocenters. The molecule has 7 nitrogen and oxygen atoms in total. The zero-order valence-electron chi connectivity index (χ0n) is 12.2. The highest BCUT2D eigenvalue weighted by Crippen LogP contribution is 2.31. The van der Waals surface area contributed by atoms with Gasteiger partial charge in [0.15, 0.2) is 11.2 Å². The minimum absolute atomic E-state index is 0.146. The van der Waals surface area contributed by atoms with E-state index in [9.17, 15) is 13.2 Å². The number of pyridine rings is 2. The SMILES string of the molecule is Cc1nc2nonc2c(N)c1Cc1cnc(C(F)(F)F)c(C#N)c1. The molecule has 2 N–H and O–H groups in total. The summed E-state index contributed by atoms with van der Waals surface area (Å²) in [6, 6.07) is 2.66. The second kappa shape index (κ2) is 5.45. The lowest BCUT2D eigenvalue weighted by Crippen LogP contribution is -2.11. The van der Waals surface area contributed by atoms with Crippen LogP contribution in [0.1, 0.15) is 28.1 Å². The number of alkyl halides is 3. The molecule has 0 aliphatic heterocycles. The summed E-state index contributed by atoms with van der Waals surface area (Å²) in [5.41, 5.74) is 6.54. The van der Waals surface area contributed by atoms with Crippen molar-refractivity contribution in [2.45, 2.75) is 19.5 Å². The molecule has 0 fully saturated rings. The molecule has 24 heavy (non-hydrogen) atoms. The van der Waals surface area contributed by atoms with Gasteiger partial charge in [0.2, 0.25) is 5.65 Å². The quantitative estimate of drug-likeness (QED) is 0.765. The Labute approximate surface area is 132 Å². The van der Waals surface area contributed by atoms with Crippen LogP contribution in [0.3, 0.4) is 0 Å². The molecule has 3 rings (SSSR count). The van der Waals surface area contributed by atoms with Crippen molar-refractivity contribution in [2.75, 3.05) is 5.73 Å². The first-order valence-corrected chi connectivity index (χ1v) is 6.64. The van der Waals surface area contributed by atoms with Crippen molar-refractivity contribution in [3.8, 4) is 6.07 Å². The second-order valence-corrected chi connectivity index (χ2v) is 5.05. The van der Waals surface area contributed by atoms with Gasteiger partial charge in [-0.25, -0.2) is 9.61 Å². The van der Waals surface area contributed by atoms with Gasteiger partial charge >= 0.3 is 6.18 Å². The van der Waals surface area contributed by atoms with Crippen molar-refractivity contribution in [1.29, 1.82) is 5.26 Å². The molecule has 0 saturated carbocycles. The van der Waals surface area contributed by atoms with Gasteiger partial charge < -0.3 is 5.73 Å². The number of nitrogens with zero attached hydrogens (tertiary/aromatic N) is 5. The Balaban J connectivity index is 2.05. The number of nitrogens with two attached hydrogens (primary N) is 1. The van der Waals surface area contributed by atoms with Gasteiger partial charge in [0.25, 0.3) is 0 Å². The van der Waals surface area contributed by atoms with Crippen molar-refractivity contribution in [3.05, 3.63) is 40.3 Å². The van der Waals surface area contributed by atoms with Gasteiger partial charge in [0, 0.05) is 23.9 Å². The fourth-order valence-corrected chi connectivity index (χ4v) is 2.33. The third-order valence-electron chi connectivity index (χ3n) is 3.48. The Kier molecular flexibility index (Phi) is 3.56. The molecule has 0 spiro atoms. The number of nitriles is 1. The molecule has 3 aromatic heterocycles. The lowest BCUT2D eigenvalue weighted by Gasteiger charge is -2.11. The molecule has 0 radical (unpaired) electrons. The highest BCUT2D eigenvalue weighted by Gasteiger charge is 2.35. The van der Waals surface area contributed by atoms with Crippen LogP contribution in [0, 0.1) is 18.3 Å². The summed E-state index contributed by atoms with van der Waals surface area (Å²) in [5, 5.41) is 16.2. The molecule has 122 valence electrons. The maximum absolute atomic E-state index is 12.8. The van der Waals surface area contributed by atoms with E-state index in [1.165, 1.54) is 6.07 Å². The summed E-state index contributed by atoms with van der Waals surface area (Å²) in [4.78, 5) is 7.55. The van der Waals surface area contributed by atoms with E-state index in [0.29, 0.717) is 16.8 Å². The van der Waals surface area contributed by atoms with Gasteiger partial charge in [-0.1, -0.05) is 0 Å². The Morgan fingerprint density at radius 3 is 2.75 bits per heavy atom. The molecular weight excluding hydrogens is 325 g/mol. The van der Waals surface area contributed by atoms with Crippen molar-refractivity contribution in [1.82, 2.24) is 20.3 Å². The lowest BCUT2D eigenvalue weighted by molar-refractivity contribution is -0.141. The molecule has 10 heteroatoms. The maximum Gasteiger partial charge on any atom is 0.434 e. The number of aryl methyl sites for hydroxylation is 1. The van der Waals surface area contributed by atoms with Gasteiger partial charge in [-0.05, 0) is 28.9 Å². The van der Waals surface area contributed by atoms with Crippen molar-refractivity contribution < 1.29 is 17.8 Å². The number of fused-ring (bicyclic) bond motifs is 1. The first kappa shape index (κ1) is 15.7. The number of anilines is 1. The largest absolute Gasteiger partial charge is 0.434 e. The fourth-order valence-electron chi connectivity index (χ4n) is 2.33. The van der Waals surface area contributed by atoms with Crippen LogP contribution >= 0.6 is 0 Å². The van der Waals surface area contributed by atoms with Gasteiger partial charge in [-0.2, -0.15) is 18.4 Å². The minimum atomic E-state index is -4.69. The van der Waals surface area contributed by atoms with E-state index < -0.39 is 17.4 Å². The lowest BCUT2D eigenvalue weighted by atomic mass is 10.0. The molecule has 0 atom stereocenters. The van der Waals surface area contributed by atoms with E-state index in [1.807, 2.05) is 0 Å². The third-order valence-corrected chi connectivity index (χ3v) is 3.48. The summed E-state index contributed by atoms with van der Waals surface area (Å²) in [6.07, 6.45) is -3.48. The number of halogens is 3. The van der Waals surface area contributed by atoms with Crippen molar-refractivity contribution in [3.63, 3.8) is 0 Å². The normalized spacial score (nSPS) is 11.6. The van der Waals surface area contributed by atoms with Crippen LogP contribution in [0.2, 0.25) is 0 Å². The summed E-state index contributed by atoms with van der Waals surface area (Å²) in [6.45, 7) is 1.68. The zero-order valence-corrected chi connectivity index (χ0v) is 12.2. The van der Waals surface area contributed by atoms with Crippen molar-refractivity contribution in [2.24, 2.45) is 0 Å². The Hall–Kier alpha value is -3.22. The molecular formula is C14H9F3N6O. The molecule has 0 amide bonds. The molecule has 0 bridgehead atoms. The number of aromatic nitrogens is 4. The monoisotopic (exact) mass is 334 g/mol. The Morgan fingerprint density at radius 2 is 2.08 bits per heavy atom. The summed E-state index contributed by atoms with van der Waals surface area (Å²) < 4.78 is 42.9. The van der Waals surface area contributed by atoms with E-state index in [2.05, 4.69) is 24.9 Å². The third kappa shape index (κ3) is 2.60. The number of nitrogen functional groups attached to an aromatic ring is 1. The van der Waals surface area contributed by atoms with Crippen molar-refractivity contribution >= 4 is 16.9 Å². The highest BCUT2D eigenvalue weighted by atomic mass is 19.4. The Morgan fingerprint density at radius 1 is 1.33 bits per heavy atom. The van der Waals surface area contributed by atoms with E-state index in [1.54, 1.807) is 6.92 Å². The molecule has 0 aliphatic rings. The van der Waals surface area contributed by atoms with E-state index in [-0.39, 0.29) is 23.3 Å². The average molecular weight is 334 g/mol. The minimum Gasteiger partial charge on any atom is -0.396 e. The smallest absolute Gasteiger partial charge is 0.396 e. The van der Waals surface area contributed by atoms with Gasteiger partial charge in [0.05, 0.1) is 11.3 Å². The fraction of sp³-hybridized carbons (Fsp3) is 0.214. The van der Waals surface area contributed by atoms with Crippen LogP contribution in [0.25, 0.3) is 11.2 Å². The average Bonchev–Trinajstić information content (AvgIpc) is 2.98. The summed E-state index contributed by atoms with van der Waals surface area (Å²) in [5.74, 6) is 0. The number of hydrogen-bond acceptors (Lipinski definition) is 7. The molecule has 3 aromatic rings. The number of hydrogen-bond donors (Lipinski definition) is 1. The standard InChI is InChI=1S/C14H9F3N6O/c1-6-9(10(19)11-13(21-6)23-24-22-11)3-7-2-8(4-18)12(20-5-7)14(15,16)17/h2,5H,3,19H2,1H3. The highest BCUT2D eigenvalue weighted by molar-refractivity contribution is 5.85. The van der Waals surface area contributed by atoms with E-state index >= 15 is 0 Å². The zero-order chi connectivity index (χ0) is 17.5. The van der Waals surface area contributed by atoms with E-state index in [4.69, 9.17) is 11.0 Å². The summed E-state index contributed by atoms with van der Waals surface area (Å²) in [7, 11) is 0. The molecule has 0 aromatic carbocycles.